The first-order valence-corrected chi connectivity index (χ1v) is 9.29. The van der Waals surface area contributed by atoms with Gasteiger partial charge in [-0.3, -0.25) is 0 Å². The average Bonchev–Trinajstić information content (AvgIpc) is 3.13. The van der Waals surface area contributed by atoms with Crippen molar-refractivity contribution in [3.05, 3.63) is 94.3 Å². The minimum absolute atomic E-state index is 0.281. The summed E-state index contributed by atoms with van der Waals surface area (Å²) >= 11 is 0. The molecule has 0 spiro atoms. The lowest BCUT2D eigenvalue weighted by Crippen LogP contribution is -2.03. The third-order valence-electron chi connectivity index (χ3n) is 5.81. The summed E-state index contributed by atoms with van der Waals surface area (Å²) in [6.07, 6.45) is 2.15. The lowest BCUT2D eigenvalue weighted by molar-refractivity contribution is 0.564. The zero-order valence-electron chi connectivity index (χ0n) is 14.7. The topological polar surface area (TPSA) is 30.2 Å². The van der Waals surface area contributed by atoms with E-state index in [4.69, 9.17) is 4.42 Å². The second-order valence-corrected chi connectivity index (χ2v) is 7.26. The van der Waals surface area contributed by atoms with Crippen molar-refractivity contribution in [1.82, 2.24) is 0 Å². The van der Waals surface area contributed by atoms with Gasteiger partial charge in [0.2, 0.25) is 0 Å². The van der Waals surface area contributed by atoms with Gasteiger partial charge in [-0.05, 0) is 63.2 Å². The van der Waals surface area contributed by atoms with Crippen LogP contribution in [0.15, 0.2) is 82.0 Å². The molecule has 27 heavy (non-hydrogen) atoms. The van der Waals surface area contributed by atoms with Gasteiger partial charge in [-0.25, -0.2) is 4.79 Å². The zero-order valence-corrected chi connectivity index (χ0v) is 14.7. The number of rotatable bonds is 1. The summed E-state index contributed by atoms with van der Waals surface area (Å²) in [5.41, 5.74) is 4.69. The molecule has 1 aliphatic carbocycles. The van der Waals surface area contributed by atoms with E-state index in [2.05, 4.69) is 42.5 Å². The van der Waals surface area contributed by atoms with Gasteiger partial charge in [0.05, 0.1) is 5.56 Å². The Kier molecular flexibility index (Phi) is 2.90. The van der Waals surface area contributed by atoms with E-state index < -0.39 is 0 Å². The summed E-state index contributed by atoms with van der Waals surface area (Å²) in [6, 6.07) is 24.7. The SMILES string of the molecule is O=c1oc2ccc3ccccc3c2cc1-c1ccc2c3c(cccc13)CC2. The van der Waals surface area contributed by atoms with E-state index in [0.29, 0.717) is 11.1 Å². The van der Waals surface area contributed by atoms with Crippen molar-refractivity contribution in [2.24, 2.45) is 0 Å². The molecule has 0 saturated carbocycles. The van der Waals surface area contributed by atoms with Gasteiger partial charge in [0.15, 0.2) is 0 Å². The Labute approximate surface area is 155 Å². The van der Waals surface area contributed by atoms with Crippen LogP contribution >= 0.6 is 0 Å². The highest BCUT2D eigenvalue weighted by molar-refractivity contribution is 6.08. The van der Waals surface area contributed by atoms with Gasteiger partial charge >= 0.3 is 5.63 Å². The van der Waals surface area contributed by atoms with E-state index in [1.54, 1.807) is 0 Å². The number of fused-ring (bicyclic) bond motifs is 3. The number of hydrogen-bond acceptors (Lipinski definition) is 2. The fraction of sp³-hybridized carbons (Fsp3) is 0.0800. The van der Waals surface area contributed by atoms with Crippen LogP contribution in [0.3, 0.4) is 0 Å². The lowest BCUT2D eigenvalue weighted by atomic mass is 9.95. The molecular weight excluding hydrogens is 332 g/mol. The van der Waals surface area contributed by atoms with Gasteiger partial charge in [-0.2, -0.15) is 0 Å². The van der Waals surface area contributed by atoms with Crippen molar-refractivity contribution in [2.75, 3.05) is 0 Å². The Bertz CT molecular complexity index is 1430. The number of benzene rings is 4. The van der Waals surface area contributed by atoms with Crippen molar-refractivity contribution in [2.45, 2.75) is 12.8 Å². The van der Waals surface area contributed by atoms with Crippen LogP contribution in [0, 0.1) is 0 Å². The van der Waals surface area contributed by atoms with Crippen LogP contribution in [0.2, 0.25) is 0 Å². The molecule has 5 aromatic rings. The molecule has 0 radical (unpaired) electrons. The summed E-state index contributed by atoms with van der Waals surface area (Å²) in [5, 5.41) is 5.68. The largest absolute Gasteiger partial charge is 0.422 e. The van der Waals surface area contributed by atoms with Crippen molar-refractivity contribution >= 4 is 32.5 Å². The minimum Gasteiger partial charge on any atom is -0.422 e. The van der Waals surface area contributed by atoms with Crippen LogP contribution in [-0.4, -0.2) is 0 Å². The fourth-order valence-electron chi connectivity index (χ4n) is 4.54. The Balaban J connectivity index is 1.74. The average molecular weight is 348 g/mol. The molecule has 1 aliphatic rings. The van der Waals surface area contributed by atoms with Crippen molar-refractivity contribution in [3.8, 4) is 11.1 Å². The zero-order chi connectivity index (χ0) is 18.0. The van der Waals surface area contributed by atoms with Crippen molar-refractivity contribution < 1.29 is 4.42 Å². The minimum atomic E-state index is -0.281. The molecule has 2 heteroatoms. The molecule has 0 bridgehead atoms. The van der Waals surface area contributed by atoms with Gasteiger partial charge in [-0.15, -0.1) is 0 Å². The van der Waals surface area contributed by atoms with Crippen molar-refractivity contribution in [1.29, 1.82) is 0 Å². The summed E-state index contributed by atoms with van der Waals surface area (Å²) in [4.78, 5) is 12.8. The standard InChI is InChI=1S/C25H16O2/c26-25-22(14-21-18-6-2-1-4-15(18)11-13-23(21)27-25)19-12-10-17-9-8-16-5-3-7-20(19)24(16)17/h1-7,10-14H,8-9H2. The molecular formula is C25H16O2. The first-order valence-electron chi connectivity index (χ1n) is 9.29. The van der Waals surface area contributed by atoms with Crippen LogP contribution < -0.4 is 5.63 Å². The summed E-state index contributed by atoms with van der Waals surface area (Å²) in [7, 11) is 0. The number of aryl methyl sites for hydroxylation is 2. The molecule has 0 N–H and O–H groups in total. The van der Waals surface area contributed by atoms with Gasteiger partial charge in [0.1, 0.15) is 5.58 Å². The van der Waals surface area contributed by atoms with Crippen LogP contribution in [0.5, 0.6) is 0 Å². The smallest absolute Gasteiger partial charge is 0.344 e. The van der Waals surface area contributed by atoms with E-state index in [1.165, 1.54) is 16.5 Å². The number of hydrogen-bond donors (Lipinski definition) is 0. The molecule has 128 valence electrons. The van der Waals surface area contributed by atoms with Crippen LogP contribution in [0.1, 0.15) is 11.1 Å². The molecule has 1 heterocycles. The fourth-order valence-corrected chi connectivity index (χ4v) is 4.54. The summed E-state index contributed by atoms with van der Waals surface area (Å²) in [5.74, 6) is 0. The Hall–Kier alpha value is -3.39. The third-order valence-corrected chi connectivity index (χ3v) is 5.81. The molecule has 0 saturated heterocycles. The summed E-state index contributed by atoms with van der Waals surface area (Å²) in [6.45, 7) is 0. The van der Waals surface area contributed by atoms with E-state index in [1.807, 2.05) is 30.3 Å². The second-order valence-electron chi connectivity index (χ2n) is 7.26. The van der Waals surface area contributed by atoms with Crippen LogP contribution in [-0.2, 0) is 12.8 Å². The Morgan fingerprint density at radius 3 is 2.41 bits per heavy atom. The van der Waals surface area contributed by atoms with Crippen LogP contribution in [0.4, 0.5) is 0 Å². The molecule has 0 amide bonds. The Morgan fingerprint density at radius 2 is 1.48 bits per heavy atom. The second kappa shape index (κ2) is 5.31. The summed E-state index contributed by atoms with van der Waals surface area (Å²) < 4.78 is 5.72. The van der Waals surface area contributed by atoms with Gasteiger partial charge in [-0.1, -0.05) is 60.7 Å². The molecule has 4 aromatic carbocycles. The quantitative estimate of drug-likeness (QED) is 0.280. The predicted octanol–water partition coefficient (Wildman–Crippen LogP) is 5.87. The molecule has 2 nitrogen and oxygen atoms in total. The normalized spacial score (nSPS) is 13.0. The highest BCUT2D eigenvalue weighted by Gasteiger charge is 2.18. The first-order chi connectivity index (χ1) is 13.3. The third kappa shape index (κ3) is 2.04. The monoisotopic (exact) mass is 348 g/mol. The van der Waals surface area contributed by atoms with E-state index >= 15 is 0 Å². The first kappa shape index (κ1) is 14.7. The molecule has 0 atom stereocenters. The van der Waals surface area contributed by atoms with Crippen molar-refractivity contribution in [3.63, 3.8) is 0 Å². The van der Waals surface area contributed by atoms with E-state index in [0.717, 1.165) is 39.9 Å². The van der Waals surface area contributed by atoms with Gasteiger partial charge in [0.25, 0.3) is 0 Å². The lowest BCUT2D eigenvalue weighted by Gasteiger charge is -2.10. The van der Waals surface area contributed by atoms with Gasteiger partial charge in [0, 0.05) is 5.39 Å². The molecule has 0 fully saturated rings. The molecule has 0 aliphatic heterocycles. The highest BCUT2D eigenvalue weighted by atomic mass is 16.4. The highest BCUT2D eigenvalue weighted by Crippen LogP contribution is 2.37. The maximum atomic E-state index is 12.8. The Morgan fingerprint density at radius 1 is 0.667 bits per heavy atom. The maximum absolute atomic E-state index is 12.8. The van der Waals surface area contributed by atoms with E-state index in [-0.39, 0.29) is 5.63 Å². The molecule has 0 unspecified atom stereocenters. The molecule has 6 rings (SSSR count). The maximum Gasteiger partial charge on any atom is 0.344 e. The molecule has 1 aromatic heterocycles. The predicted molar refractivity (Wildman–Crippen MR) is 110 cm³/mol. The van der Waals surface area contributed by atoms with Crippen LogP contribution in [0.25, 0.3) is 43.6 Å². The van der Waals surface area contributed by atoms with E-state index in [9.17, 15) is 4.79 Å². The van der Waals surface area contributed by atoms with Gasteiger partial charge < -0.3 is 4.42 Å².